The van der Waals surface area contributed by atoms with Crippen LogP contribution in [0.5, 0.6) is 5.88 Å². The molecule has 0 fully saturated rings. The molecule has 1 aromatic rings. The van der Waals surface area contributed by atoms with Gasteiger partial charge in [-0.15, -0.1) is 0 Å². The van der Waals surface area contributed by atoms with Crippen LogP contribution in [-0.4, -0.2) is 18.0 Å². The molecule has 1 N–H and O–H groups in total. The second kappa shape index (κ2) is 10.2. The van der Waals surface area contributed by atoms with E-state index in [1.807, 2.05) is 12.1 Å². The van der Waals surface area contributed by atoms with Crippen molar-refractivity contribution >= 4 is 5.91 Å². The average molecular weight is 278 g/mol. The van der Waals surface area contributed by atoms with E-state index >= 15 is 0 Å². The summed E-state index contributed by atoms with van der Waals surface area (Å²) in [5.41, 5.74) is 1.01. The summed E-state index contributed by atoms with van der Waals surface area (Å²) in [6.07, 6.45) is 9.53. The van der Waals surface area contributed by atoms with Crippen molar-refractivity contribution in [1.29, 1.82) is 0 Å². The summed E-state index contributed by atoms with van der Waals surface area (Å²) in [5.74, 6) is 0.698. The highest BCUT2D eigenvalue weighted by atomic mass is 16.5. The highest BCUT2D eigenvalue weighted by molar-refractivity contribution is 5.75. The molecule has 0 aliphatic heterocycles. The molecule has 0 aromatic carbocycles. The minimum atomic E-state index is 0.122. The Hall–Kier alpha value is -1.58. The summed E-state index contributed by atoms with van der Waals surface area (Å²) >= 11 is 0. The van der Waals surface area contributed by atoms with Gasteiger partial charge in [-0.25, -0.2) is 4.98 Å². The summed E-state index contributed by atoms with van der Waals surface area (Å²) in [6, 6.07) is 3.72. The third-order valence-corrected chi connectivity index (χ3v) is 3.26. The van der Waals surface area contributed by atoms with Crippen LogP contribution in [0.15, 0.2) is 18.3 Å². The van der Waals surface area contributed by atoms with Crippen molar-refractivity contribution in [1.82, 2.24) is 10.3 Å². The number of ether oxygens (including phenoxy) is 1. The number of hydrogen-bond donors (Lipinski definition) is 1. The number of amides is 1. The summed E-state index contributed by atoms with van der Waals surface area (Å²) < 4.78 is 5.05. The van der Waals surface area contributed by atoms with Crippen molar-refractivity contribution in [2.75, 3.05) is 7.11 Å². The molecule has 0 saturated carbocycles. The topological polar surface area (TPSA) is 51.2 Å². The van der Waals surface area contributed by atoms with Gasteiger partial charge in [0.1, 0.15) is 0 Å². The summed E-state index contributed by atoms with van der Waals surface area (Å²) in [4.78, 5) is 15.7. The lowest BCUT2D eigenvalue weighted by atomic mass is 10.1. The van der Waals surface area contributed by atoms with Gasteiger partial charge in [-0.05, 0) is 18.1 Å². The van der Waals surface area contributed by atoms with Crippen LogP contribution in [0.4, 0.5) is 0 Å². The minimum absolute atomic E-state index is 0.122. The predicted molar refractivity (Wildman–Crippen MR) is 80.6 cm³/mol. The number of carbonyl (C=O) groups is 1. The first-order chi connectivity index (χ1) is 9.76. The fourth-order valence-corrected chi connectivity index (χ4v) is 2.03. The van der Waals surface area contributed by atoms with Gasteiger partial charge in [0, 0.05) is 25.2 Å². The fourth-order valence-electron chi connectivity index (χ4n) is 2.03. The van der Waals surface area contributed by atoms with E-state index in [0.717, 1.165) is 18.4 Å². The Bertz CT molecular complexity index is 394. The molecule has 0 aliphatic rings. The number of pyridine rings is 1. The van der Waals surface area contributed by atoms with E-state index in [4.69, 9.17) is 4.74 Å². The highest BCUT2D eigenvalue weighted by Gasteiger charge is 2.02. The number of carbonyl (C=O) groups excluding carboxylic acids is 1. The number of hydrogen-bond acceptors (Lipinski definition) is 3. The SMILES string of the molecule is CCCCCCCCC(=O)NCc1ccnc(OC)c1. The van der Waals surface area contributed by atoms with E-state index < -0.39 is 0 Å². The molecule has 1 aromatic heterocycles. The third-order valence-electron chi connectivity index (χ3n) is 3.26. The van der Waals surface area contributed by atoms with Gasteiger partial charge in [-0.3, -0.25) is 4.79 Å². The standard InChI is InChI=1S/C16H26N2O2/c1-3-4-5-6-7-8-9-15(19)18-13-14-10-11-17-16(12-14)20-2/h10-12H,3-9,13H2,1-2H3,(H,18,19). The van der Waals surface area contributed by atoms with E-state index in [1.54, 1.807) is 13.3 Å². The summed E-state index contributed by atoms with van der Waals surface area (Å²) in [7, 11) is 1.59. The van der Waals surface area contributed by atoms with Crippen LogP contribution in [0.2, 0.25) is 0 Å². The smallest absolute Gasteiger partial charge is 0.220 e. The molecular weight excluding hydrogens is 252 g/mol. The van der Waals surface area contributed by atoms with E-state index in [-0.39, 0.29) is 5.91 Å². The molecule has 1 heterocycles. The zero-order chi connectivity index (χ0) is 14.6. The molecule has 0 spiro atoms. The van der Waals surface area contributed by atoms with Crippen molar-refractivity contribution in [3.63, 3.8) is 0 Å². The van der Waals surface area contributed by atoms with Gasteiger partial charge in [-0.1, -0.05) is 39.0 Å². The third kappa shape index (κ3) is 7.12. The Morgan fingerprint density at radius 3 is 2.75 bits per heavy atom. The first-order valence-electron chi connectivity index (χ1n) is 7.52. The molecule has 4 heteroatoms. The number of aromatic nitrogens is 1. The number of unbranched alkanes of at least 4 members (excludes halogenated alkanes) is 5. The van der Waals surface area contributed by atoms with Gasteiger partial charge in [0.2, 0.25) is 11.8 Å². The van der Waals surface area contributed by atoms with Crippen molar-refractivity contribution in [2.24, 2.45) is 0 Å². The molecule has 0 aliphatic carbocycles. The van der Waals surface area contributed by atoms with Gasteiger partial charge < -0.3 is 10.1 Å². The number of methoxy groups -OCH3 is 1. The number of rotatable bonds is 10. The van der Waals surface area contributed by atoms with Gasteiger partial charge in [-0.2, -0.15) is 0 Å². The monoisotopic (exact) mass is 278 g/mol. The second-order valence-corrected chi connectivity index (χ2v) is 5.00. The van der Waals surface area contributed by atoms with E-state index in [9.17, 15) is 4.79 Å². The van der Waals surface area contributed by atoms with Crippen molar-refractivity contribution < 1.29 is 9.53 Å². The molecule has 0 saturated heterocycles. The van der Waals surface area contributed by atoms with E-state index in [1.165, 1.54) is 25.7 Å². The normalized spacial score (nSPS) is 10.3. The Morgan fingerprint density at radius 2 is 2.00 bits per heavy atom. The first kappa shape index (κ1) is 16.5. The Labute approximate surface area is 121 Å². The average Bonchev–Trinajstić information content (AvgIpc) is 2.49. The Morgan fingerprint density at radius 1 is 1.25 bits per heavy atom. The van der Waals surface area contributed by atoms with Crippen molar-refractivity contribution in [2.45, 2.75) is 58.4 Å². The zero-order valence-electron chi connectivity index (χ0n) is 12.7. The van der Waals surface area contributed by atoms with Gasteiger partial charge in [0.25, 0.3) is 0 Å². The summed E-state index contributed by atoms with van der Waals surface area (Å²) in [5, 5.41) is 2.93. The van der Waals surface area contributed by atoms with Crippen molar-refractivity contribution in [3.8, 4) is 5.88 Å². The quantitative estimate of drug-likeness (QED) is 0.667. The lowest BCUT2D eigenvalue weighted by Gasteiger charge is -2.06. The predicted octanol–water partition coefficient (Wildman–Crippen LogP) is 3.46. The molecule has 0 unspecified atom stereocenters. The van der Waals surface area contributed by atoms with E-state index in [2.05, 4.69) is 17.2 Å². The van der Waals surface area contributed by atoms with Crippen LogP contribution < -0.4 is 10.1 Å². The Balaban J connectivity index is 2.13. The second-order valence-electron chi connectivity index (χ2n) is 5.00. The summed E-state index contributed by atoms with van der Waals surface area (Å²) in [6.45, 7) is 2.75. The maximum Gasteiger partial charge on any atom is 0.220 e. The number of nitrogens with zero attached hydrogens (tertiary/aromatic N) is 1. The lowest BCUT2D eigenvalue weighted by Crippen LogP contribution is -2.22. The molecule has 0 bridgehead atoms. The van der Waals surface area contributed by atoms with Crippen LogP contribution in [-0.2, 0) is 11.3 Å². The maximum absolute atomic E-state index is 11.7. The fraction of sp³-hybridized carbons (Fsp3) is 0.625. The molecule has 1 rings (SSSR count). The van der Waals surface area contributed by atoms with E-state index in [0.29, 0.717) is 18.8 Å². The minimum Gasteiger partial charge on any atom is -0.481 e. The molecule has 4 nitrogen and oxygen atoms in total. The molecule has 1 amide bonds. The van der Waals surface area contributed by atoms with Crippen LogP contribution in [0.3, 0.4) is 0 Å². The Kier molecular flexibility index (Phi) is 8.43. The van der Waals surface area contributed by atoms with Crippen LogP contribution in [0.1, 0.15) is 57.4 Å². The number of nitrogens with one attached hydrogen (secondary N) is 1. The van der Waals surface area contributed by atoms with Gasteiger partial charge >= 0.3 is 0 Å². The highest BCUT2D eigenvalue weighted by Crippen LogP contribution is 2.09. The molecule has 0 radical (unpaired) electrons. The van der Waals surface area contributed by atoms with Crippen LogP contribution in [0.25, 0.3) is 0 Å². The van der Waals surface area contributed by atoms with Crippen LogP contribution >= 0.6 is 0 Å². The van der Waals surface area contributed by atoms with Crippen molar-refractivity contribution in [3.05, 3.63) is 23.9 Å². The molecule has 20 heavy (non-hydrogen) atoms. The lowest BCUT2D eigenvalue weighted by molar-refractivity contribution is -0.121. The van der Waals surface area contributed by atoms with Gasteiger partial charge in [0.05, 0.1) is 7.11 Å². The molecular formula is C16H26N2O2. The first-order valence-corrected chi connectivity index (χ1v) is 7.52. The van der Waals surface area contributed by atoms with Crippen LogP contribution in [0, 0.1) is 0 Å². The largest absolute Gasteiger partial charge is 0.481 e. The van der Waals surface area contributed by atoms with Gasteiger partial charge in [0.15, 0.2) is 0 Å². The molecule has 0 atom stereocenters. The zero-order valence-corrected chi connectivity index (χ0v) is 12.7. The maximum atomic E-state index is 11.7. The molecule has 112 valence electrons.